The van der Waals surface area contributed by atoms with Crippen LogP contribution in [0.4, 0.5) is 0 Å². The maximum Gasteiger partial charge on any atom is 0.218 e. The van der Waals surface area contributed by atoms with E-state index in [2.05, 4.69) is 0 Å². The van der Waals surface area contributed by atoms with Crippen LogP contribution in [0.5, 0.6) is 0 Å². The topological polar surface area (TPSA) is 63.4 Å². The number of hydrogen-bond acceptors (Lipinski definition) is 4. The minimum atomic E-state index is -3.34. The summed E-state index contributed by atoms with van der Waals surface area (Å²) in [6, 6.07) is 7.01. The maximum atomic E-state index is 12.3. The van der Waals surface area contributed by atoms with Crippen molar-refractivity contribution < 1.29 is 8.42 Å². The van der Waals surface area contributed by atoms with Gasteiger partial charge in [0.05, 0.1) is 5.75 Å². The zero-order valence-corrected chi connectivity index (χ0v) is 14.3. The summed E-state index contributed by atoms with van der Waals surface area (Å²) in [5.74, 6) is 0.724. The van der Waals surface area contributed by atoms with Crippen molar-refractivity contribution in [2.75, 3.05) is 19.1 Å². The van der Waals surface area contributed by atoms with Gasteiger partial charge >= 0.3 is 0 Å². The second-order valence-corrected chi connectivity index (χ2v) is 8.02. The lowest BCUT2D eigenvalue weighted by Crippen LogP contribution is -2.37. The normalized spacial score (nSPS) is 13.4. The van der Waals surface area contributed by atoms with Gasteiger partial charge in [0.15, 0.2) is 0 Å². The first kappa shape index (κ1) is 17.4. The van der Waals surface area contributed by atoms with Gasteiger partial charge in [-0.25, -0.2) is 12.7 Å². The lowest BCUT2D eigenvalue weighted by molar-refractivity contribution is 0.414. The average molecular weight is 333 g/mol. The Balaban J connectivity index is 2.91. The molecule has 4 nitrogen and oxygen atoms in total. The van der Waals surface area contributed by atoms with E-state index in [0.717, 1.165) is 5.75 Å². The van der Waals surface area contributed by atoms with Crippen LogP contribution >= 0.6 is 24.0 Å². The molecule has 1 aromatic carbocycles. The van der Waals surface area contributed by atoms with Gasteiger partial charge in [0.25, 0.3) is 0 Å². The summed E-state index contributed by atoms with van der Waals surface area (Å²) in [6.07, 6.45) is 1.96. The van der Waals surface area contributed by atoms with Gasteiger partial charge < -0.3 is 5.73 Å². The van der Waals surface area contributed by atoms with E-state index in [1.165, 1.54) is 4.31 Å². The molecule has 20 heavy (non-hydrogen) atoms. The monoisotopic (exact) mass is 332 g/mol. The summed E-state index contributed by atoms with van der Waals surface area (Å²) >= 11 is 6.53. The third-order valence-corrected chi connectivity index (χ3v) is 6.01. The Kier molecular flexibility index (Phi) is 6.44. The van der Waals surface area contributed by atoms with Crippen molar-refractivity contribution in [3.05, 3.63) is 35.4 Å². The highest BCUT2D eigenvalue weighted by Gasteiger charge is 2.23. The Labute approximate surface area is 130 Å². The van der Waals surface area contributed by atoms with E-state index < -0.39 is 10.0 Å². The number of rotatable bonds is 7. The van der Waals surface area contributed by atoms with E-state index in [1.54, 1.807) is 43.1 Å². The first-order chi connectivity index (χ1) is 9.27. The van der Waals surface area contributed by atoms with Crippen LogP contribution in [0.1, 0.15) is 18.1 Å². The number of thioether (sulfide) groups is 1. The molecular formula is C13H20N2O2S3. The van der Waals surface area contributed by atoms with Crippen molar-refractivity contribution in [1.29, 1.82) is 0 Å². The molecular weight excluding hydrogens is 312 g/mol. The Morgan fingerprint density at radius 2 is 2.15 bits per heavy atom. The van der Waals surface area contributed by atoms with Gasteiger partial charge in [-0.1, -0.05) is 30.4 Å². The van der Waals surface area contributed by atoms with Crippen LogP contribution in [0.15, 0.2) is 24.3 Å². The molecule has 0 saturated carbocycles. The number of nitrogens with zero attached hydrogens (tertiary/aromatic N) is 1. The molecule has 0 fully saturated rings. The average Bonchev–Trinajstić information content (AvgIpc) is 2.37. The number of benzene rings is 1. The highest BCUT2D eigenvalue weighted by molar-refractivity contribution is 7.98. The Morgan fingerprint density at radius 1 is 1.50 bits per heavy atom. The van der Waals surface area contributed by atoms with Crippen LogP contribution in [0.25, 0.3) is 0 Å². The molecule has 112 valence electrons. The van der Waals surface area contributed by atoms with Crippen molar-refractivity contribution >= 4 is 39.0 Å². The summed E-state index contributed by atoms with van der Waals surface area (Å²) in [7, 11) is -1.72. The highest BCUT2D eigenvalue weighted by Crippen LogP contribution is 2.15. The fraction of sp³-hybridized carbons (Fsp3) is 0.462. The van der Waals surface area contributed by atoms with Gasteiger partial charge in [0.2, 0.25) is 10.0 Å². The number of nitrogens with two attached hydrogens (primary N) is 1. The molecule has 0 amide bonds. The molecule has 0 saturated heterocycles. The van der Waals surface area contributed by atoms with Crippen molar-refractivity contribution in [3.63, 3.8) is 0 Å². The standard InChI is InChI=1S/C13H20N2O2S3/c1-10(8-19-3)15(2)20(16,17)9-11-5-4-6-12(7-11)13(14)18/h4-7,10H,8-9H2,1-3H3,(H2,14,18). The highest BCUT2D eigenvalue weighted by atomic mass is 32.2. The SMILES string of the molecule is CSCC(C)N(C)S(=O)(=O)Cc1cccc(C(N)=S)c1. The van der Waals surface area contributed by atoms with Crippen molar-refractivity contribution in [2.45, 2.75) is 18.7 Å². The molecule has 1 atom stereocenters. The number of sulfonamides is 1. The maximum absolute atomic E-state index is 12.3. The van der Waals surface area contributed by atoms with Crippen LogP contribution in [0.3, 0.4) is 0 Å². The van der Waals surface area contributed by atoms with Crippen LogP contribution in [0, 0.1) is 0 Å². The fourth-order valence-corrected chi connectivity index (χ4v) is 4.10. The van der Waals surface area contributed by atoms with E-state index in [1.807, 2.05) is 13.2 Å². The molecule has 0 heterocycles. The van der Waals surface area contributed by atoms with Crippen LogP contribution < -0.4 is 5.73 Å². The second-order valence-electron chi connectivity index (χ2n) is 4.64. The summed E-state index contributed by atoms with van der Waals surface area (Å²) in [5.41, 5.74) is 6.94. The quantitative estimate of drug-likeness (QED) is 0.772. The van der Waals surface area contributed by atoms with E-state index in [9.17, 15) is 8.42 Å². The van der Waals surface area contributed by atoms with Crippen LogP contribution in [0.2, 0.25) is 0 Å². The predicted octanol–water partition coefficient (Wildman–Crippen LogP) is 1.83. The zero-order valence-electron chi connectivity index (χ0n) is 11.9. The molecule has 2 N–H and O–H groups in total. The Bertz CT molecular complexity index is 573. The number of thiocarbonyl (C=S) groups is 1. The van der Waals surface area contributed by atoms with E-state index >= 15 is 0 Å². The minimum absolute atomic E-state index is 0.0335. The smallest absolute Gasteiger partial charge is 0.218 e. The third-order valence-electron chi connectivity index (χ3n) is 3.03. The molecule has 1 aromatic rings. The van der Waals surface area contributed by atoms with Gasteiger partial charge in [-0.05, 0) is 24.8 Å². The van der Waals surface area contributed by atoms with Gasteiger partial charge in [-0.15, -0.1) is 0 Å². The van der Waals surface area contributed by atoms with Gasteiger partial charge in [0.1, 0.15) is 4.99 Å². The first-order valence-corrected chi connectivity index (χ1v) is 9.52. The molecule has 1 rings (SSSR count). The molecule has 1 unspecified atom stereocenters. The van der Waals surface area contributed by atoms with Gasteiger partial charge in [0, 0.05) is 24.4 Å². The van der Waals surface area contributed by atoms with Crippen molar-refractivity contribution in [2.24, 2.45) is 5.73 Å². The molecule has 0 aliphatic heterocycles. The first-order valence-electron chi connectivity index (χ1n) is 6.11. The lowest BCUT2D eigenvalue weighted by Gasteiger charge is -2.23. The Hall–Kier alpha value is -0.630. The molecule has 0 bridgehead atoms. The van der Waals surface area contributed by atoms with Gasteiger partial charge in [-0.3, -0.25) is 0 Å². The van der Waals surface area contributed by atoms with E-state index in [0.29, 0.717) is 11.1 Å². The summed E-state index contributed by atoms with van der Waals surface area (Å²) in [6.45, 7) is 1.90. The molecule has 0 aliphatic carbocycles. The van der Waals surface area contributed by atoms with E-state index in [4.69, 9.17) is 18.0 Å². The number of hydrogen-bond donors (Lipinski definition) is 1. The van der Waals surface area contributed by atoms with Gasteiger partial charge in [-0.2, -0.15) is 11.8 Å². The summed E-state index contributed by atoms with van der Waals surface area (Å²) in [4.78, 5) is 0.272. The van der Waals surface area contributed by atoms with Crippen molar-refractivity contribution in [3.8, 4) is 0 Å². The van der Waals surface area contributed by atoms with E-state index in [-0.39, 0.29) is 16.8 Å². The zero-order chi connectivity index (χ0) is 15.3. The minimum Gasteiger partial charge on any atom is -0.389 e. The second kappa shape index (κ2) is 7.40. The fourth-order valence-electron chi connectivity index (χ4n) is 1.75. The summed E-state index contributed by atoms with van der Waals surface area (Å²) < 4.78 is 26.1. The molecule has 7 heteroatoms. The lowest BCUT2D eigenvalue weighted by atomic mass is 10.1. The molecule has 0 aliphatic rings. The molecule has 0 spiro atoms. The van der Waals surface area contributed by atoms with Crippen molar-refractivity contribution in [1.82, 2.24) is 4.31 Å². The molecule has 0 radical (unpaired) electrons. The predicted molar refractivity (Wildman–Crippen MR) is 90.6 cm³/mol. The third kappa shape index (κ3) is 4.73. The van der Waals surface area contributed by atoms with Crippen LogP contribution in [-0.4, -0.2) is 42.8 Å². The summed E-state index contributed by atoms with van der Waals surface area (Å²) in [5, 5.41) is 0. The molecule has 0 aromatic heterocycles. The largest absolute Gasteiger partial charge is 0.389 e. The Morgan fingerprint density at radius 3 is 2.70 bits per heavy atom. The van der Waals surface area contributed by atoms with Crippen LogP contribution in [-0.2, 0) is 15.8 Å².